The molecule has 0 atom stereocenters. The predicted octanol–water partition coefficient (Wildman–Crippen LogP) is 4.76. The fourth-order valence-electron chi connectivity index (χ4n) is 2.87. The first-order chi connectivity index (χ1) is 10.1. The molecule has 21 heavy (non-hydrogen) atoms. The van der Waals surface area contributed by atoms with E-state index in [1.165, 1.54) is 11.1 Å². The second kappa shape index (κ2) is 6.66. The molecule has 0 aliphatic heterocycles. The van der Waals surface area contributed by atoms with Crippen LogP contribution in [-0.2, 0) is 12.8 Å². The van der Waals surface area contributed by atoms with Crippen LogP contribution in [0.5, 0.6) is 11.5 Å². The number of hydrogen-bond acceptors (Lipinski definition) is 2. The number of phenols is 2. The summed E-state index contributed by atoms with van der Waals surface area (Å²) in [6.45, 7) is 6.27. The van der Waals surface area contributed by atoms with Crippen LogP contribution >= 0.6 is 0 Å². The van der Waals surface area contributed by atoms with Gasteiger partial charge in [0.2, 0.25) is 0 Å². The van der Waals surface area contributed by atoms with Gasteiger partial charge in [0.25, 0.3) is 0 Å². The van der Waals surface area contributed by atoms with Crippen molar-refractivity contribution in [2.75, 3.05) is 0 Å². The molecule has 0 heterocycles. The molecule has 0 unspecified atom stereocenters. The van der Waals surface area contributed by atoms with Crippen molar-refractivity contribution in [2.24, 2.45) is 0 Å². The fourth-order valence-corrected chi connectivity index (χ4v) is 2.87. The smallest absolute Gasteiger partial charge is 0.118 e. The molecule has 0 radical (unpaired) electrons. The van der Waals surface area contributed by atoms with Crippen LogP contribution in [0.4, 0.5) is 0 Å². The molecule has 2 aromatic rings. The molecule has 2 nitrogen and oxygen atoms in total. The first-order valence-electron chi connectivity index (χ1n) is 7.74. The van der Waals surface area contributed by atoms with Gasteiger partial charge in [0.05, 0.1) is 0 Å². The minimum atomic E-state index is 0.293. The number of hydrogen-bond donors (Lipinski definition) is 2. The van der Waals surface area contributed by atoms with Gasteiger partial charge in [0, 0.05) is 5.92 Å². The Balaban J connectivity index is 2.44. The lowest BCUT2D eigenvalue weighted by Crippen LogP contribution is -2.01. The van der Waals surface area contributed by atoms with E-state index in [1.807, 2.05) is 12.1 Å². The highest BCUT2D eigenvalue weighted by Gasteiger charge is 2.15. The van der Waals surface area contributed by atoms with E-state index in [1.54, 1.807) is 12.1 Å². The van der Waals surface area contributed by atoms with Gasteiger partial charge in [-0.2, -0.15) is 0 Å². The van der Waals surface area contributed by atoms with Crippen molar-refractivity contribution in [1.29, 1.82) is 0 Å². The lowest BCUT2D eigenvalue weighted by Gasteiger charge is -2.18. The van der Waals surface area contributed by atoms with E-state index < -0.39 is 0 Å². The van der Waals surface area contributed by atoms with Gasteiger partial charge < -0.3 is 10.2 Å². The third-order valence-electron chi connectivity index (χ3n) is 4.18. The van der Waals surface area contributed by atoms with E-state index in [9.17, 15) is 10.2 Å². The van der Waals surface area contributed by atoms with Crippen molar-refractivity contribution in [3.63, 3.8) is 0 Å². The number of aryl methyl sites for hydroxylation is 2. The van der Waals surface area contributed by atoms with Crippen molar-refractivity contribution in [3.05, 3.63) is 58.7 Å². The van der Waals surface area contributed by atoms with Gasteiger partial charge in [0.15, 0.2) is 0 Å². The van der Waals surface area contributed by atoms with Crippen LogP contribution in [0, 0.1) is 0 Å². The maximum Gasteiger partial charge on any atom is 0.118 e. The summed E-state index contributed by atoms with van der Waals surface area (Å²) >= 11 is 0. The Morgan fingerprint density at radius 2 is 1.19 bits per heavy atom. The molecule has 0 saturated heterocycles. The summed E-state index contributed by atoms with van der Waals surface area (Å²) in [5, 5.41) is 19.7. The van der Waals surface area contributed by atoms with Crippen molar-refractivity contribution >= 4 is 0 Å². The maximum atomic E-state index is 9.85. The Labute approximate surface area is 127 Å². The van der Waals surface area contributed by atoms with Crippen molar-refractivity contribution in [1.82, 2.24) is 0 Å². The number of aromatic hydroxyl groups is 2. The highest BCUT2D eigenvalue weighted by atomic mass is 16.3. The van der Waals surface area contributed by atoms with Gasteiger partial charge in [-0.3, -0.25) is 0 Å². The summed E-state index contributed by atoms with van der Waals surface area (Å²) in [6, 6.07) is 11.8. The molecular formula is C19H24O2. The molecule has 0 amide bonds. The van der Waals surface area contributed by atoms with E-state index in [4.69, 9.17) is 0 Å². The van der Waals surface area contributed by atoms with Gasteiger partial charge >= 0.3 is 0 Å². The zero-order chi connectivity index (χ0) is 15.4. The van der Waals surface area contributed by atoms with E-state index in [0.29, 0.717) is 17.4 Å². The Morgan fingerprint density at radius 1 is 0.762 bits per heavy atom. The summed E-state index contributed by atoms with van der Waals surface area (Å²) in [4.78, 5) is 0. The Hall–Kier alpha value is -1.96. The van der Waals surface area contributed by atoms with E-state index >= 15 is 0 Å². The predicted molar refractivity (Wildman–Crippen MR) is 87.1 cm³/mol. The summed E-state index contributed by atoms with van der Waals surface area (Å²) in [5.74, 6) is 1.04. The lowest BCUT2D eigenvalue weighted by atomic mass is 9.87. The zero-order valence-electron chi connectivity index (χ0n) is 13.1. The summed E-state index contributed by atoms with van der Waals surface area (Å²) in [5.41, 5.74) is 4.42. The van der Waals surface area contributed by atoms with Crippen molar-refractivity contribution in [3.8, 4) is 11.5 Å². The summed E-state index contributed by atoms with van der Waals surface area (Å²) in [7, 11) is 0. The molecular weight excluding hydrogens is 260 g/mol. The van der Waals surface area contributed by atoms with Crippen molar-refractivity contribution in [2.45, 2.75) is 46.0 Å². The largest absolute Gasteiger partial charge is 0.508 e. The molecule has 0 bridgehead atoms. The molecule has 0 aliphatic carbocycles. The Morgan fingerprint density at radius 3 is 1.52 bits per heavy atom. The molecule has 112 valence electrons. The number of phenolic OH excluding ortho intramolecular Hbond substituents is 2. The fraction of sp³-hybridized carbons (Fsp3) is 0.368. The average Bonchev–Trinajstić information content (AvgIpc) is 2.51. The van der Waals surface area contributed by atoms with Crippen LogP contribution < -0.4 is 0 Å². The monoisotopic (exact) mass is 284 g/mol. The minimum Gasteiger partial charge on any atom is -0.508 e. The molecule has 0 fully saturated rings. The van der Waals surface area contributed by atoms with Gasteiger partial charge in [-0.25, -0.2) is 0 Å². The standard InChI is InChI=1S/C19H24O2/c1-4-13-11-15(7-9-18(13)20)17(6-3)16-8-10-19(21)14(5-2)12-16/h7-12,17,20-21H,4-6H2,1-3H3. The van der Waals surface area contributed by atoms with Crippen LogP contribution in [0.3, 0.4) is 0 Å². The average molecular weight is 284 g/mol. The van der Waals surface area contributed by atoms with Crippen LogP contribution in [-0.4, -0.2) is 10.2 Å². The first kappa shape index (κ1) is 15.4. The molecule has 2 rings (SSSR count). The summed E-state index contributed by atoms with van der Waals surface area (Å²) in [6.07, 6.45) is 2.64. The molecule has 2 N–H and O–H groups in total. The number of benzene rings is 2. The van der Waals surface area contributed by atoms with Gasteiger partial charge in [0.1, 0.15) is 11.5 Å². The first-order valence-corrected chi connectivity index (χ1v) is 7.74. The van der Waals surface area contributed by atoms with E-state index in [-0.39, 0.29) is 0 Å². The molecule has 0 aliphatic rings. The second-order valence-electron chi connectivity index (χ2n) is 5.44. The third kappa shape index (κ3) is 3.21. The van der Waals surface area contributed by atoms with Crippen LogP contribution in [0.15, 0.2) is 36.4 Å². The van der Waals surface area contributed by atoms with E-state index in [2.05, 4.69) is 32.9 Å². The molecule has 2 aromatic carbocycles. The molecule has 0 saturated carbocycles. The van der Waals surface area contributed by atoms with Crippen LogP contribution in [0.25, 0.3) is 0 Å². The Kier molecular flexibility index (Phi) is 4.89. The normalized spacial score (nSPS) is 11.0. The molecule has 0 spiro atoms. The minimum absolute atomic E-state index is 0.293. The Bertz CT molecular complexity index is 563. The topological polar surface area (TPSA) is 40.5 Å². The highest BCUT2D eigenvalue weighted by Crippen LogP contribution is 2.33. The molecule has 2 heteroatoms. The second-order valence-corrected chi connectivity index (χ2v) is 5.44. The summed E-state index contributed by atoms with van der Waals surface area (Å²) < 4.78 is 0. The van der Waals surface area contributed by atoms with Gasteiger partial charge in [-0.05, 0) is 53.6 Å². The molecule has 0 aromatic heterocycles. The maximum absolute atomic E-state index is 9.85. The SMILES string of the molecule is CCc1cc(C(CC)c2ccc(O)c(CC)c2)ccc1O. The highest BCUT2D eigenvalue weighted by molar-refractivity contribution is 5.44. The lowest BCUT2D eigenvalue weighted by molar-refractivity contribution is 0.468. The third-order valence-corrected chi connectivity index (χ3v) is 4.18. The quantitative estimate of drug-likeness (QED) is 0.830. The van der Waals surface area contributed by atoms with E-state index in [0.717, 1.165) is 30.4 Å². The van der Waals surface area contributed by atoms with Crippen LogP contribution in [0.2, 0.25) is 0 Å². The van der Waals surface area contributed by atoms with Crippen LogP contribution in [0.1, 0.15) is 55.4 Å². The zero-order valence-corrected chi connectivity index (χ0v) is 13.1. The van der Waals surface area contributed by atoms with Gasteiger partial charge in [-0.15, -0.1) is 0 Å². The van der Waals surface area contributed by atoms with Crippen molar-refractivity contribution < 1.29 is 10.2 Å². The number of rotatable bonds is 5. The van der Waals surface area contributed by atoms with Gasteiger partial charge in [-0.1, -0.05) is 45.0 Å².